The van der Waals surface area contributed by atoms with Gasteiger partial charge in [0, 0.05) is 7.11 Å². The molecule has 0 heterocycles. The molecule has 0 spiro atoms. The highest BCUT2D eigenvalue weighted by Crippen LogP contribution is 2.16. The molecule has 14 heavy (non-hydrogen) atoms. The molecule has 1 rings (SSSR count). The van der Waals surface area contributed by atoms with Crippen molar-refractivity contribution in [2.24, 2.45) is 5.84 Å². The molecule has 0 radical (unpaired) electrons. The molecule has 4 heteroatoms. The minimum absolute atomic E-state index is 0.172. The van der Waals surface area contributed by atoms with Gasteiger partial charge in [-0.25, -0.2) is 4.39 Å². The average molecular weight is 198 g/mol. The first kappa shape index (κ1) is 11.1. The van der Waals surface area contributed by atoms with Gasteiger partial charge in [-0.1, -0.05) is 6.07 Å². The third-order valence-electron chi connectivity index (χ3n) is 2.00. The van der Waals surface area contributed by atoms with Crippen LogP contribution in [-0.4, -0.2) is 13.7 Å². The van der Waals surface area contributed by atoms with Gasteiger partial charge in [-0.05, 0) is 30.2 Å². The standard InChI is InChI=1S/C10H15FN2O/c1-7-3-8(5-9(11)4-7)10(13-12)6-14-2/h3-5,10,13H,6,12H2,1-2H3. The zero-order valence-electron chi connectivity index (χ0n) is 8.38. The van der Waals surface area contributed by atoms with Gasteiger partial charge in [0.15, 0.2) is 0 Å². The maximum absolute atomic E-state index is 13.1. The Morgan fingerprint density at radius 2 is 2.21 bits per heavy atom. The Balaban J connectivity index is 2.91. The van der Waals surface area contributed by atoms with E-state index < -0.39 is 0 Å². The second-order valence-corrected chi connectivity index (χ2v) is 3.24. The minimum Gasteiger partial charge on any atom is -0.383 e. The van der Waals surface area contributed by atoms with Crippen LogP contribution < -0.4 is 11.3 Å². The van der Waals surface area contributed by atoms with Crippen molar-refractivity contribution in [1.82, 2.24) is 5.43 Å². The molecule has 1 unspecified atom stereocenters. The fourth-order valence-electron chi connectivity index (χ4n) is 1.37. The van der Waals surface area contributed by atoms with E-state index in [1.807, 2.05) is 13.0 Å². The second kappa shape index (κ2) is 5.05. The van der Waals surface area contributed by atoms with Crippen molar-refractivity contribution in [3.8, 4) is 0 Å². The number of hydrogen-bond donors (Lipinski definition) is 2. The Bertz CT molecular complexity index is 284. The van der Waals surface area contributed by atoms with E-state index in [-0.39, 0.29) is 11.9 Å². The molecule has 1 aromatic carbocycles. The van der Waals surface area contributed by atoms with Gasteiger partial charge in [0.2, 0.25) is 0 Å². The van der Waals surface area contributed by atoms with Crippen LogP contribution in [0, 0.1) is 12.7 Å². The largest absolute Gasteiger partial charge is 0.383 e. The van der Waals surface area contributed by atoms with Crippen LogP contribution in [-0.2, 0) is 4.74 Å². The predicted octanol–water partition coefficient (Wildman–Crippen LogP) is 1.28. The summed E-state index contributed by atoms with van der Waals surface area (Å²) in [7, 11) is 1.58. The van der Waals surface area contributed by atoms with Crippen molar-refractivity contribution in [1.29, 1.82) is 0 Å². The summed E-state index contributed by atoms with van der Waals surface area (Å²) in [5.41, 5.74) is 4.25. The summed E-state index contributed by atoms with van der Waals surface area (Å²) in [4.78, 5) is 0. The fraction of sp³-hybridized carbons (Fsp3) is 0.400. The van der Waals surface area contributed by atoms with Crippen LogP contribution in [0.3, 0.4) is 0 Å². The molecule has 1 aromatic rings. The van der Waals surface area contributed by atoms with Crippen LogP contribution >= 0.6 is 0 Å². The molecular formula is C10H15FN2O. The van der Waals surface area contributed by atoms with Crippen molar-refractivity contribution < 1.29 is 9.13 Å². The summed E-state index contributed by atoms with van der Waals surface area (Å²) in [5.74, 6) is 5.09. The Hall–Kier alpha value is -0.970. The molecule has 0 aliphatic carbocycles. The maximum atomic E-state index is 13.1. The van der Waals surface area contributed by atoms with Crippen molar-refractivity contribution >= 4 is 0 Å². The van der Waals surface area contributed by atoms with E-state index in [4.69, 9.17) is 10.6 Å². The minimum atomic E-state index is -0.253. The first-order valence-corrected chi connectivity index (χ1v) is 4.39. The molecule has 0 aliphatic rings. The lowest BCUT2D eigenvalue weighted by molar-refractivity contribution is 0.167. The number of benzene rings is 1. The average Bonchev–Trinajstić information content (AvgIpc) is 2.12. The lowest BCUT2D eigenvalue weighted by Crippen LogP contribution is -2.31. The molecule has 0 saturated carbocycles. The van der Waals surface area contributed by atoms with Crippen molar-refractivity contribution in [2.75, 3.05) is 13.7 Å². The Kier molecular flexibility index (Phi) is 4.00. The lowest BCUT2D eigenvalue weighted by Gasteiger charge is -2.15. The zero-order chi connectivity index (χ0) is 10.6. The van der Waals surface area contributed by atoms with E-state index in [2.05, 4.69) is 5.43 Å². The fourth-order valence-corrected chi connectivity index (χ4v) is 1.37. The highest BCUT2D eigenvalue weighted by molar-refractivity contribution is 5.26. The molecule has 3 nitrogen and oxygen atoms in total. The topological polar surface area (TPSA) is 47.3 Å². The van der Waals surface area contributed by atoms with Gasteiger partial charge in [-0.3, -0.25) is 11.3 Å². The second-order valence-electron chi connectivity index (χ2n) is 3.24. The molecule has 0 aromatic heterocycles. The number of ether oxygens (including phenoxy) is 1. The van der Waals surface area contributed by atoms with E-state index >= 15 is 0 Å². The first-order chi connectivity index (χ1) is 6.67. The lowest BCUT2D eigenvalue weighted by atomic mass is 10.1. The molecule has 0 saturated heterocycles. The zero-order valence-corrected chi connectivity index (χ0v) is 8.38. The molecule has 78 valence electrons. The van der Waals surface area contributed by atoms with Gasteiger partial charge >= 0.3 is 0 Å². The van der Waals surface area contributed by atoms with Crippen LogP contribution in [0.2, 0.25) is 0 Å². The summed E-state index contributed by atoms with van der Waals surface area (Å²) < 4.78 is 18.0. The monoisotopic (exact) mass is 198 g/mol. The molecule has 0 amide bonds. The van der Waals surface area contributed by atoms with E-state index in [1.54, 1.807) is 7.11 Å². The van der Waals surface area contributed by atoms with E-state index in [9.17, 15) is 4.39 Å². The Morgan fingerprint density at radius 3 is 2.71 bits per heavy atom. The summed E-state index contributed by atoms with van der Waals surface area (Å²) in [6, 6.07) is 4.64. The van der Waals surface area contributed by atoms with Crippen LogP contribution in [0.4, 0.5) is 4.39 Å². The third-order valence-corrected chi connectivity index (χ3v) is 2.00. The quantitative estimate of drug-likeness (QED) is 0.566. The van der Waals surface area contributed by atoms with Gasteiger partial charge in [0.25, 0.3) is 0 Å². The molecule has 3 N–H and O–H groups in total. The summed E-state index contributed by atoms with van der Waals surface area (Å²) in [6.45, 7) is 2.26. The number of halogens is 1. The van der Waals surface area contributed by atoms with Gasteiger partial charge in [-0.2, -0.15) is 0 Å². The summed E-state index contributed by atoms with van der Waals surface area (Å²) in [5, 5.41) is 0. The van der Waals surface area contributed by atoms with Gasteiger partial charge in [0.05, 0.1) is 12.6 Å². The molecule has 0 aliphatic heterocycles. The first-order valence-electron chi connectivity index (χ1n) is 4.39. The number of aryl methyl sites for hydroxylation is 1. The van der Waals surface area contributed by atoms with Gasteiger partial charge in [0.1, 0.15) is 5.82 Å². The van der Waals surface area contributed by atoms with E-state index in [1.165, 1.54) is 12.1 Å². The SMILES string of the molecule is COCC(NN)c1cc(C)cc(F)c1. The van der Waals surface area contributed by atoms with Gasteiger partial charge < -0.3 is 4.74 Å². The highest BCUT2D eigenvalue weighted by Gasteiger charge is 2.10. The Morgan fingerprint density at radius 1 is 1.50 bits per heavy atom. The van der Waals surface area contributed by atoms with Crippen LogP contribution in [0.5, 0.6) is 0 Å². The number of nitrogens with two attached hydrogens (primary N) is 1. The summed E-state index contributed by atoms with van der Waals surface area (Å²) in [6.07, 6.45) is 0. The Labute approximate surface area is 83.0 Å². The van der Waals surface area contributed by atoms with Crippen LogP contribution in [0.25, 0.3) is 0 Å². The van der Waals surface area contributed by atoms with E-state index in [0.717, 1.165) is 11.1 Å². The molecule has 0 bridgehead atoms. The third kappa shape index (κ3) is 2.77. The smallest absolute Gasteiger partial charge is 0.123 e. The van der Waals surface area contributed by atoms with Crippen molar-refractivity contribution in [3.05, 3.63) is 35.1 Å². The number of rotatable bonds is 4. The predicted molar refractivity (Wildman–Crippen MR) is 53.1 cm³/mol. The van der Waals surface area contributed by atoms with Crippen LogP contribution in [0.1, 0.15) is 17.2 Å². The number of hydrogen-bond acceptors (Lipinski definition) is 3. The van der Waals surface area contributed by atoms with Gasteiger partial charge in [-0.15, -0.1) is 0 Å². The maximum Gasteiger partial charge on any atom is 0.123 e. The van der Waals surface area contributed by atoms with E-state index in [0.29, 0.717) is 6.61 Å². The number of hydrazine groups is 1. The van der Waals surface area contributed by atoms with Crippen molar-refractivity contribution in [3.63, 3.8) is 0 Å². The summed E-state index contributed by atoms with van der Waals surface area (Å²) >= 11 is 0. The molecule has 0 fully saturated rings. The highest BCUT2D eigenvalue weighted by atomic mass is 19.1. The number of methoxy groups -OCH3 is 1. The number of nitrogens with one attached hydrogen (secondary N) is 1. The van der Waals surface area contributed by atoms with Crippen LogP contribution in [0.15, 0.2) is 18.2 Å². The molecule has 1 atom stereocenters. The van der Waals surface area contributed by atoms with Crippen molar-refractivity contribution in [2.45, 2.75) is 13.0 Å². The normalized spacial score (nSPS) is 12.9. The molecular weight excluding hydrogens is 183 g/mol.